The van der Waals surface area contributed by atoms with E-state index < -0.39 is 10.0 Å². The highest BCUT2D eigenvalue weighted by molar-refractivity contribution is 7.92. The second-order valence-electron chi connectivity index (χ2n) is 6.57. The van der Waals surface area contributed by atoms with Crippen molar-refractivity contribution in [3.05, 3.63) is 64.0 Å². The third-order valence-electron chi connectivity index (χ3n) is 4.78. The van der Waals surface area contributed by atoms with Crippen molar-refractivity contribution < 1.29 is 17.9 Å². The van der Waals surface area contributed by atoms with Crippen molar-refractivity contribution in [1.29, 1.82) is 0 Å². The Morgan fingerprint density at radius 3 is 2.56 bits per heavy atom. The normalized spacial score (nSPS) is 20.3. The maximum Gasteiger partial charge on any atom is 0.236 e. The van der Waals surface area contributed by atoms with Crippen LogP contribution < -0.4 is 9.47 Å². The molecule has 0 radical (unpaired) electrons. The summed E-state index contributed by atoms with van der Waals surface area (Å²) < 4.78 is 38.6. The van der Waals surface area contributed by atoms with Crippen molar-refractivity contribution in [2.24, 2.45) is 0 Å². The van der Waals surface area contributed by atoms with E-state index in [4.69, 9.17) is 21.1 Å². The van der Waals surface area contributed by atoms with Gasteiger partial charge in [0.2, 0.25) is 10.0 Å². The first-order chi connectivity index (χ1) is 13.0. The molecule has 142 valence electrons. The minimum atomic E-state index is -3.54. The van der Waals surface area contributed by atoms with Gasteiger partial charge in [0, 0.05) is 17.0 Å². The van der Waals surface area contributed by atoms with Crippen molar-refractivity contribution in [3.8, 4) is 11.5 Å². The van der Waals surface area contributed by atoms with Crippen LogP contribution in [0.5, 0.6) is 11.5 Å². The van der Waals surface area contributed by atoms with E-state index in [9.17, 15) is 8.42 Å². The number of rotatable bonds is 4. The molecule has 7 heteroatoms. The maximum absolute atomic E-state index is 12.9. The van der Waals surface area contributed by atoms with Gasteiger partial charge in [0.25, 0.3) is 0 Å². The van der Waals surface area contributed by atoms with Gasteiger partial charge in [-0.15, -0.1) is 0 Å². The van der Waals surface area contributed by atoms with E-state index in [1.54, 1.807) is 34.6 Å². The molecule has 2 aliphatic heterocycles. The molecule has 0 aromatic heterocycles. The molecule has 2 heterocycles. The molecule has 0 aliphatic carbocycles. The minimum absolute atomic E-state index is 0.194. The Kier molecular flexibility index (Phi) is 5.12. The van der Waals surface area contributed by atoms with E-state index in [2.05, 4.69) is 0 Å². The summed E-state index contributed by atoms with van der Waals surface area (Å²) in [5.74, 6) is 1.39. The van der Waals surface area contributed by atoms with Gasteiger partial charge in [0.05, 0.1) is 6.04 Å². The molecule has 1 fully saturated rings. The highest BCUT2D eigenvalue weighted by atomic mass is 35.5. The first-order valence-corrected chi connectivity index (χ1v) is 10.8. The number of halogens is 1. The number of ether oxygens (including phenoxy) is 2. The second kappa shape index (κ2) is 7.54. The van der Waals surface area contributed by atoms with Gasteiger partial charge in [-0.3, -0.25) is 0 Å². The monoisotopic (exact) mass is 405 g/mol. The molecule has 1 atom stereocenters. The van der Waals surface area contributed by atoms with Crippen molar-refractivity contribution in [2.75, 3.05) is 19.8 Å². The molecule has 0 N–H and O–H groups in total. The molecular weight excluding hydrogens is 386 g/mol. The first-order valence-electron chi connectivity index (χ1n) is 8.88. The van der Waals surface area contributed by atoms with Gasteiger partial charge in [-0.05, 0) is 54.3 Å². The lowest BCUT2D eigenvalue weighted by Gasteiger charge is -2.25. The molecule has 4 rings (SSSR count). The van der Waals surface area contributed by atoms with Crippen LogP contribution in [0.15, 0.2) is 47.9 Å². The number of fused-ring (bicyclic) bond motifs is 1. The van der Waals surface area contributed by atoms with E-state index in [0.717, 1.165) is 24.0 Å². The summed E-state index contributed by atoms with van der Waals surface area (Å²) >= 11 is 5.87. The van der Waals surface area contributed by atoms with Gasteiger partial charge < -0.3 is 9.47 Å². The molecule has 0 saturated carbocycles. The van der Waals surface area contributed by atoms with Crippen molar-refractivity contribution in [2.45, 2.75) is 18.9 Å². The van der Waals surface area contributed by atoms with Crippen LogP contribution in [-0.2, 0) is 10.0 Å². The molecule has 2 aromatic rings. The summed E-state index contributed by atoms with van der Waals surface area (Å²) in [4.78, 5) is 0. The SMILES string of the molecule is O=S(=O)(C=Cc1ccc(Cl)cc1)N1CCCC1c1ccc2c(c1)OCCO2. The molecule has 27 heavy (non-hydrogen) atoms. The molecule has 1 unspecified atom stereocenters. The lowest BCUT2D eigenvalue weighted by atomic mass is 10.0. The predicted molar refractivity (Wildman–Crippen MR) is 106 cm³/mol. The molecule has 5 nitrogen and oxygen atoms in total. The van der Waals surface area contributed by atoms with Gasteiger partial charge in [-0.1, -0.05) is 29.8 Å². The Hall–Kier alpha value is -2.02. The van der Waals surface area contributed by atoms with Crippen molar-refractivity contribution in [3.63, 3.8) is 0 Å². The zero-order valence-electron chi connectivity index (χ0n) is 14.7. The standard InChI is InChI=1S/C20H20ClNO4S/c21-17-6-3-15(4-7-17)9-13-27(23,24)22-10-1-2-18(22)16-5-8-19-20(14-16)26-12-11-25-19/h3-9,13-14,18H,1-2,10-12H2. The summed E-state index contributed by atoms with van der Waals surface area (Å²) in [6.45, 7) is 1.55. The Labute approximate surface area is 164 Å². The fraction of sp³-hybridized carbons (Fsp3) is 0.300. The molecule has 0 bridgehead atoms. The third kappa shape index (κ3) is 3.98. The predicted octanol–water partition coefficient (Wildman–Crippen LogP) is 4.25. The minimum Gasteiger partial charge on any atom is -0.486 e. The van der Waals surface area contributed by atoms with Crippen LogP contribution in [0.2, 0.25) is 5.02 Å². The fourth-order valence-corrected chi connectivity index (χ4v) is 5.04. The average molecular weight is 406 g/mol. The molecular formula is C20H20ClNO4S. The van der Waals surface area contributed by atoms with E-state index >= 15 is 0 Å². The molecule has 2 aliphatic rings. The first kappa shape index (κ1) is 18.3. The van der Waals surface area contributed by atoms with Crippen molar-refractivity contribution in [1.82, 2.24) is 4.31 Å². The van der Waals surface area contributed by atoms with Crippen LogP contribution in [0.25, 0.3) is 6.08 Å². The van der Waals surface area contributed by atoms with Gasteiger partial charge in [-0.25, -0.2) is 8.42 Å². The Bertz CT molecular complexity index is 956. The number of benzene rings is 2. The van der Waals surface area contributed by atoms with E-state index in [1.165, 1.54) is 5.41 Å². The second-order valence-corrected chi connectivity index (χ2v) is 8.78. The van der Waals surface area contributed by atoms with Crippen LogP contribution in [0.4, 0.5) is 0 Å². The van der Waals surface area contributed by atoms with Crippen molar-refractivity contribution >= 4 is 27.7 Å². The van der Waals surface area contributed by atoms with Crippen LogP contribution >= 0.6 is 11.6 Å². The highest BCUT2D eigenvalue weighted by Gasteiger charge is 2.34. The van der Waals surface area contributed by atoms with Gasteiger partial charge in [0.1, 0.15) is 13.2 Å². The molecule has 0 spiro atoms. The summed E-state index contributed by atoms with van der Waals surface area (Å²) in [5.41, 5.74) is 1.72. The van der Waals surface area contributed by atoms with Gasteiger partial charge in [-0.2, -0.15) is 4.31 Å². The van der Waals surface area contributed by atoms with E-state index in [1.807, 2.05) is 18.2 Å². The fourth-order valence-electron chi connectivity index (χ4n) is 3.46. The summed E-state index contributed by atoms with van der Waals surface area (Å²) in [5, 5.41) is 1.89. The van der Waals surface area contributed by atoms with Crippen LogP contribution in [-0.4, -0.2) is 32.5 Å². The maximum atomic E-state index is 12.9. The highest BCUT2D eigenvalue weighted by Crippen LogP contribution is 2.39. The summed E-state index contributed by atoms with van der Waals surface area (Å²) in [6, 6.07) is 12.5. The topological polar surface area (TPSA) is 55.8 Å². The Balaban J connectivity index is 1.57. The zero-order valence-corrected chi connectivity index (χ0v) is 16.2. The number of nitrogens with zero attached hydrogens (tertiary/aromatic N) is 1. The average Bonchev–Trinajstić information content (AvgIpc) is 3.18. The van der Waals surface area contributed by atoms with E-state index in [0.29, 0.717) is 36.3 Å². The van der Waals surface area contributed by atoms with Crippen LogP contribution in [0.1, 0.15) is 30.0 Å². The molecule has 2 aromatic carbocycles. The third-order valence-corrected chi connectivity index (χ3v) is 6.61. The lowest BCUT2D eigenvalue weighted by Crippen LogP contribution is -2.29. The Morgan fingerprint density at radius 2 is 1.78 bits per heavy atom. The number of sulfonamides is 1. The lowest BCUT2D eigenvalue weighted by molar-refractivity contribution is 0.171. The smallest absolute Gasteiger partial charge is 0.236 e. The Morgan fingerprint density at radius 1 is 1.04 bits per heavy atom. The molecule has 0 amide bonds. The van der Waals surface area contributed by atoms with Crippen LogP contribution in [0.3, 0.4) is 0 Å². The van der Waals surface area contributed by atoms with Gasteiger partial charge in [0.15, 0.2) is 11.5 Å². The summed E-state index contributed by atoms with van der Waals surface area (Å²) in [6.07, 6.45) is 3.21. The van der Waals surface area contributed by atoms with Crippen LogP contribution in [0, 0.1) is 0 Å². The van der Waals surface area contributed by atoms with Gasteiger partial charge >= 0.3 is 0 Å². The number of hydrogen-bond acceptors (Lipinski definition) is 4. The van der Waals surface area contributed by atoms with E-state index in [-0.39, 0.29) is 6.04 Å². The summed E-state index contributed by atoms with van der Waals surface area (Å²) in [7, 11) is -3.54. The largest absolute Gasteiger partial charge is 0.486 e. The number of hydrogen-bond donors (Lipinski definition) is 0. The zero-order chi connectivity index (χ0) is 18.9. The molecule has 1 saturated heterocycles. The quantitative estimate of drug-likeness (QED) is 0.763.